The predicted octanol–water partition coefficient (Wildman–Crippen LogP) is 4.63. The molecule has 0 unspecified atom stereocenters. The summed E-state index contributed by atoms with van der Waals surface area (Å²) in [7, 11) is 0. The summed E-state index contributed by atoms with van der Waals surface area (Å²) < 4.78 is 0. The number of hydrogen-bond donors (Lipinski definition) is 2. The molecule has 0 aliphatic heterocycles. The van der Waals surface area contributed by atoms with Crippen LogP contribution in [0.5, 0.6) is 0 Å². The molecule has 0 bridgehead atoms. The van der Waals surface area contributed by atoms with Crippen molar-refractivity contribution in [1.82, 2.24) is 0 Å². The highest BCUT2D eigenvalue weighted by molar-refractivity contribution is 7.15. The average Bonchev–Trinajstić information content (AvgIpc) is 3.12. The number of anilines is 1. The number of aliphatic hydroxyl groups is 1. The molecular weight excluding hydrogens is 410 g/mol. The van der Waals surface area contributed by atoms with E-state index in [1.807, 2.05) is 26.8 Å². The van der Waals surface area contributed by atoms with Crippen molar-refractivity contribution in [3.8, 4) is 11.8 Å². The van der Waals surface area contributed by atoms with Crippen LogP contribution in [0.1, 0.15) is 93.6 Å². The third-order valence-electron chi connectivity index (χ3n) is 6.27. The van der Waals surface area contributed by atoms with E-state index in [1.54, 1.807) is 5.01 Å². The molecule has 170 valence electrons. The normalized spacial score (nSPS) is 26.6. The van der Waals surface area contributed by atoms with Gasteiger partial charge in [0.25, 0.3) is 5.91 Å². The number of nitroso groups, excluding NO2 is 1. The molecule has 31 heavy (non-hydrogen) atoms. The van der Waals surface area contributed by atoms with Crippen LogP contribution in [0.3, 0.4) is 0 Å². The van der Waals surface area contributed by atoms with Gasteiger partial charge in [-0.1, -0.05) is 18.8 Å². The Bertz CT molecular complexity index is 861. The minimum Gasteiger partial charge on any atom is -0.393 e. The van der Waals surface area contributed by atoms with Gasteiger partial charge in [-0.15, -0.1) is 16.3 Å². The van der Waals surface area contributed by atoms with Gasteiger partial charge in [0, 0.05) is 18.3 Å². The zero-order valence-electron chi connectivity index (χ0n) is 19.2. The lowest BCUT2D eigenvalue weighted by molar-refractivity contribution is -0.606. The van der Waals surface area contributed by atoms with E-state index >= 15 is 0 Å². The van der Waals surface area contributed by atoms with Crippen LogP contribution in [-0.2, 0) is 0 Å². The molecular formula is C24H36N3O3S+. The molecule has 0 atom stereocenters. The van der Waals surface area contributed by atoms with Crippen LogP contribution in [-0.4, -0.2) is 34.1 Å². The zero-order chi connectivity index (χ0) is 22.8. The second kappa shape index (κ2) is 9.70. The summed E-state index contributed by atoms with van der Waals surface area (Å²) in [6.45, 7) is 8.34. The summed E-state index contributed by atoms with van der Waals surface area (Å²) in [6, 6.07) is 1.69. The van der Waals surface area contributed by atoms with Crippen LogP contribution >= 0.6 is 11.3 Å². The molecule has 1 amide bonds. The molecule has 2 saturated carbocycles. The fraction of sp³-hybridized carbons (Fsp3) is 0.708. The Morgan fingerprint density at radius 2 is 1.77 bits per heavy atom. The first kappa shape index (κ1) is 23.7. The topological polar surface area (TPSA) is 86.6 Å². The van der Waals surface area contributed by atoms with Gasteiger partial charge in [-0.25, -0.2) is 0 Å². The lowest BCUT2D eigenvalue weighted by atomic mass is 9.87. The number of nitrogens with zero attached hydrogens (tertiary/aromatic N) is 2. The van der Waals surface area contributed by atoms with Crippen molar-refractivity contribution in [2.45, 2.75) is 97.2 Å². The Labute approximate surface area is 189 Å². The van der Waals surface area contributed by atoms with E-state index in [4.69, 9.17) is 5.73 Å². The third-order valence-corrected chi connectivity index (χ3v) is 7.32. The van der Waals surface area contributed by atoms with Gasteiger partial charge in [0.1, 0.15) is 15.4 Å². The molecule has 3 N–H and O–H groups in total. The van der Waals surface area contributed by atoms with Crippen LogP contribution in [0, 0.1) is 28.1 Å². The second-order valence-electron chi connectivity index (χ2n) is 10.2. The second-order valence-corrected chi connectivity index (χ2v) is 11.3. The summed E-state index contributed by atoms with van der Waals surface area (Å²) in [5.74, 6) is 6.48. The first-order chi connectivity index (χ1) is 14.5. The Balaban J connectivity index is 1.99. The van der Waals surface area contributed by atoms with Crippen molar-refractivity contribution in [2.24, 2.45) is 17.1 Å². The Morgan fingerprint density at radius 1 is 1.16 bits per heavy atom. The summed E-state index contributed by atoms with van der Waals surface area (Å²) in [5.41, 5.74) is 6.14. The molecule has 0 aromatic carbocycles. The fourth-order valence-corrected chi connectivity index (χ4v) is 5.29. The van der Waals surface area contributed by atoms with E-state index < -0.39 is 5.91 Å². The molecule has 2 aliphatic rings. The maximum absolute atomic E-state index is 13.7. The van der Waals surface area contributed by atoms with Gasteiger partial charge >= 0.3 is 0 Å². The highest BCUT2D eigenvalue weighted by Gasteiger charge is 2.42. The van der Waals surface area contributed by atoms with Gasteiger partial charge < -0.3 is 10.8 Å². The lowest BCUT2D eigenvalue weighted by Gasteiger charge is -2.32. The van der Waals surface area contributed by atoms with Crippen molar-refractivity contribution < 1.29 is 14.8 Å². The number of primary amides is 1. The van der Waals surface area contributed by atoms with Gasteiger partial charge in [-0.3, -0.25) is 4.79 Å². The summed E-state index contributed by atoms with van der Waals surface area (Å²) in [4.78, 5) is 28.2. The molecule has 0 saturated heterocycles. The largest absolute Gasteiger partial charge is 0.393 e. The highest BCUT2D eigenvalue weighted by atomic mass is 32.1. The van der Waals surface area contributed by atoms with Crippen LogP contribution in [0.25, 0.3) is 0 Å². The number of hydrogen-bond acceptors (Lipinski definition) is 4. The van der Waals surface area contributed by atoms with Gasteiger partial charge in [0.2, 0.25) is 6.04 Å². The lowest BCUT2D eigenvalue weighted by Crippen LogP contribution is -2.49. The smallest absolute Gasteiger partial charge is 0.261 e. The minimum atomic E-state index is -0.532. The zero-order valence-corrected chi connectivity index (χ0v) is 20.0. The van der Waals surface area contributed by atoms with E-state index in [-0.39, 0.29) is 23.6 Å². The van der Waals surface area contributed by atoms with E-state index in [9.17, 15) is 14.8 Å². The maximum atomic E-state index is 13.7. The van der Waals surface area contributed by atoms with E-state index in [0.29, 0.717) is 42.2 Å². The number of thiophene rings is 1. The third kappa shape index (κ3) is 6.08. The highest BCUT2D eigenvalue weighted by Crippen LogP contribution is 2.37. The van der Waals surface area contributed by atoms with E-state index in [1.165, 1.54) is 11.3 Å². The molecule has 1 aromatic heterocycles. The molecule has 0 radical (unpaired) electrons. The van der Waals surface area contributed by atoms with Crippen LogP contribution in [0.15, 0.2) is 6.07 Å². The summed E-state index contributed by atoms with van der Waals surface area (Å²) in [5, 5.41) is 11.8. The van der Waals surface area contributed by atoms with Crippen molar-refractivity contribution >= 4 is 22.9 Å². The van der Waals surface area contributed by atoms with Crippen molar-refractivity contribution in [3.63, 3.8) is 0 Å². The SMILES string of the molecule is CC1CCC([N+](=O)N(c2cc(C#CC(C)(C)C)sc2C(N)=O)C2CCC(O)CC2)CC1. The minimum absolute atomic E-state index is 0.0589. The molecule has 1 aromatic rings. The predicted molar refractivity (Wildman–Crippen MR) is 125 cm³/mol. The number of carbonyl (C=O) groups excluding carboxylic acids is 1. The molecule has 1 heterocycles. The standard InChI is InChI=1S/C24H35N3O3S/c1-16-5-7-18(8-6-16)27(30)26(17-9-11-19(28)12-10-17)21-15-20(13-14-24(2,3)4)31-22(21)23(25)29/h15-19,28H,5-12H2,1-4H3,(H-,25,29)/p+1. The molecule has 6 nitrogen and oxygen atoms in total. The first-order valence-electron chi connectivity index (χ1n) is 11.5. The fourth-order valence-electron chi connectivity index (χ4n) is 4.44. The molecule has 0 spiro atoms. The number of amides is 1. The number of carbonyl (C=O) groups is 1. The quantitative estimate of drug-likeness (QED) is 0.392. The van der Waals surface area contributed by atoms with Crippen LogP contribution < -0.4 is 10.7 Å². The maximum Gasteiger partial charge on any atom is 0.261 e. The number of aliphatic hydroxyl groups excluding tert-OH is 1. The van der Waals surface area contributed by atoms with Crippen molar-refractivity contribution in [2.75, 3.05) is 5.01 Å². The average molecular weight is 447 g/mol. The Hall–Kier alpha value is -1.91. The van der Waals surface area contributed by atoms with E-state index in [0.717, 1.165) is 35.4 Å². The number of rotatable bonds is 5. The molecule has 3 rings (SSSR count). The number of nitrogens with two attached hydrogens (primary N) is 1. The van der Waals surface area contributed by atoms with Gasteiger partial charge in [0.05, 0.1) is 21.9 Å². The van der Waals surface area contributed by atoms with Gasteiger partial charge in [0.15, 0.2) is 0 Å². The van der Waals surface area contributed by atoms with Crippen LogP contribution in [0.4, 0.5) is 5.69 Å². The van der Waals surface area contributed by atoms with Gasteiger partial charge in [-0.2, -0.15) is 0 Å². The molecule has 2 aliphatic carbocycles. The van der Waals surface area contributed by atoms with Crippen molar-refractivity contribution in [3.05, 3.63) is 20.7 Å². The van der Waals surface area contributed by atoms with Gasteiger partial charge in [-0.05, 0) is 71.3 Å². The van der Waals surface area contributed by atoms with E-state index in [2.05, 4.69) is 18.8 Å². The Kier molecular flexibility index (Phi) is 7.43. The summed E-state index contributed by atoms with van der Waals surface area (Å²) >= 11 is 1.26. The van der Waals surface area contributed by atoms with Crippen molar-refractivity contribution in [1.29, 1.82) is 0 Å². The van der Waals surface area contributed by atoms with Crippen LogP contribution in [0.2, 0.25) is 0 Å². The molecule has 2 fully saturated rings. The Morgan fingerprint density at radius 3 is 2.32 bits per heavy atom. The summed E-state index contributed by atoms with van der Waals surface area (Å²) in [6.07, 6.45) is 6.18. The first-order valence-corrected chi connectivity index (χ1v) is 12.3. The molecule has 7 heteroatoms. The number of hydrazine groups is 1. The monoisotopic (exact) mass is 446 g/mol.